The predicted molar refractivity (Wildman–Crippen MR) is 124 cm³/mol. The molecule has 3 aromatic heterocycles. The normalized spacial score (nSPS) is 15.1. The Balaban J connectivity index is 1.37. The minimum atomic E-state index is -0.288. The van der Waals surface area contributed by atoms with Crippen molar-refractivity contribution in [2.24, 2.45) is 0 Å². The molecule has 0 saturated carbocycles. The van der Waals surface area contributed by atoms with Gasteiger partial charge in [-0.1, -0.05) is 30.3 Å². The van der Waals surface area contributed by atoms with Crippen LogP contribution in [0.25, 0.3) is 33.1 Å². The average Bonchev–Trinajstić information content (AvgIpc) is 3.53. The lowest BCUT2D eigenvalue weighted by atomic mass is 10.0. The van der Waals surface area contributed by atoms with Crippen molar-refractivity contribution in [1.29, 1.82) is 0 Å². The Morgan fingerprint density at radius 3 is 2.91 bits per heavy atom. The zero-order valence-electron chi connectivity index (χ0n) is 17.5. The van der Waals surface area contributed by atoms with Gasteiger partial charge >= 0.3 is 6.03 Å². The monoisotopic (exact) mass is 441 g/mol. The van der Waals surface area contributed by atoms with Crippen LogP contribution in [0.4, 0.5) is 4.79 Å². The van der Waals surface area contributed by atoms with E-state index in [0.717, 1.165) is 55.8 Å². The van der Waals surface area contributed by atoms with Crippen LogP contribution in [0.1, 0.15) is 23.0 Å². The summed E-state index contributed by atoms with van der Waals surface area (Å²) in [6, 6.07) is 13.3. The van der Waals surface area contributed by atoms with E-state index in [9.17, 15) is 4.79 Å². The molecule has 1 aliphatic heterocycles. The van der Waals surface area contributed by atoms with Crippen LogP contribution < -0.4 is 10.1 Å². The van der Waals surface area contributed by atoms with Gasteiger partial charge in [0.1, 0.15) is 12.4 Å². The van der Waals surface area contributed by atoms with E-state index < -0.39 is 0 Å². The number of nitrogens with one attached hydrogen (secondary N) is 1. The third kappa shape index (κ3) is 2.87. The van der Waals surface area contributed by atoms with Crippen LogP contribution in [0.3, 0.4) is 0 Å². The SMILES string of the molecule is Cc1nc2ccccc2c2c1c(C)nn2C(=O)N[C@@H]1COc2cc(-c3cscn3)ccc21. The standard InChI is InChI=1S/C24H19N5O2S/c1-13-22-14(2)28-29(23(22)17-5-3-4-6-18(17)26-13)24(30)27-19-10-31-21-9-15(7-8-16(19)21)20-11-32-12-25-20/h3-9,11-12,19H,10H2,1-2H3,(H,27,30)/t19-/m1/s1. The minimum Gasteiger partial charge on any atom is -0.491 e. The Bertz CT molecular complexity index is 1510. The first-order chi connectivity index (χ1) is 15.6. The fourth-order valence-electron chi connectivity index (χ4n) is 4.42. The molecule has 1 N–H and O–H groups in total. The van der Waals surface area contributed by atoms with Gasteiger partial charge in [-0.3, -0.25) is 4.98 Å². The van der Waals surface area contributed by atoms with Gasteiger partial charge in [0.25, 0.3) is 0 Å². The summed E-state index contributed by atoms with van der Waals surface area (Å²) in [6.07, 6.45) is 0. The molecule has 0 bridgehead atoms. The average molecular weight is 442 g/mol. The van der Waals surface area contributed by atoms with Crippen molar-refractivity contribution in [2.45, 2.75) is 19.9 Å². The Hall–Kier alpha value is -3.78. The summed E-state index contributed by atoms with van der Waals surface area (Å²) in [4.78, 5) is 22.4. The Morgan fingerprint density at radius 2 is 2.06 bits per heavy atom. The van der Waals surface area contributed by atoms with Gasteiger partial charge in [0, 0.05) is 33.0 Å². The van der Waals surface area contributed by atoms with Crippen LogP contribution in [0.15, 0.2) is 53.4 Å². The number of carbonyl (C=O) groups is 1. The molecule has 32 heavy (non-hydrogen) atoms. The number of ether oxygens (including phenoxy) is 1. The van der Waals surface area contributed by atoms with Crippen molar-refractivity contribution in [2.75, 3.05) is 6.61 Å². The molecular weight excluding hydrogens is 422 g/mol. The number of hydrogen-bond acceptors (Lipinski definition) is 6. The quantitative estimate of drug-likeness (QED) is 0.416. The Kier molecular flexibility index (Phi) is 4.22. The number of nitrogens with zero attached hydrogens (tertiary/aromatic N) is 4. The summed E-state index contributed by atoms with van der Waals surface area (Å²) in [5.74, 6) is 0.771. The lowest BCUT2D eigenvalue weighted by Crippen LogP contribution is -2.33. The molecule has 158 valence electrons. The zero-order valence-corrected chi connectivity index (χ0v) is 18.3. The van der Waals surface area contributed by atoms with Crippen LogP contribution in [-0.4, -0.2) is 32.4 Å². The molecule has 0 fully saturated rings. The highest BCUT2D eigenvalue weighted by Crippen LogP contribution is 2.36. The van der Waals surface area contributed by atoms with Crippen molar-refractivity contribution in [3.63, 3.8) is 0 Å². The first kappa shape index (κ1) is 18.9. The van der Waals surface area contributed by atoms with Gasteiger partial charge in [-0.05, 0) is 26.0 Å². The van der Waals surface area contributed by atoms with Crippen molar-refractivity contribution >= 4 is 39.2 Å². The van der Waals surface area contributed by atoms with Gasteiger partial charge in [0.2, 0.25) is 0 Å². The Morgan fingerprint density at radius 1 is 1.19 bits per heavy atom. The zero-order chi connectivity index (χ0) is 21.8. The fraction of sp³-hybridized carbons (Fsp3) is 0.167. The second kappa shape index (κ2) is 7.13. The largest absolute Gasteiger partial charge is 0.491 e. The molecule has 1 atom stereocenters. The molecule has 1 aliphatic rings. The lowest BCUT2D eigenvalue weighted by molar-refractivity contribution is 0.231. The number of hydrogen-bond donors (Lipinski definition) is 1. The number of benzene rings is 2. The molecule has 8 heteroatoms. The van der Waals surface area contributed by atoms with E-state index in [1.807, 2.05) is 67.2 Å². The van der Waals surface area contributed by atoms with Crippen LogP contribution in [0, 0.1) is 13.8 Å². The summed E-state index contributed by atoms with van der Waals surface area (Å²) >= 11 is 1.56. The maximum absolute atomic E-state index is 13.4. The topological polar surface area (TPSA) is 81.9 Å². The molecule has 0 unspecified atom stereocenters. The third-order valence-electron chi connectivity index (χ3n) is 5.88. The van der Waals surface area contributed by atoms with Crippen LogP contribution in [0.5, 0.6) is 5.75 Å². The molecule has 5 aromatic rings. The number of pyridine rings is 1. The summed E-state index contributed by atoms with van der Waals surface area (Å²) in [5, 5.41) is 11.5. The van der Waals surface area contributed by atoms with E-state index in [4.69, 9.17) is 9.72 Å². The van der Waals surface area contributed by atoms with Gasteiger partial charge in [0.15, 0.2) is 0 Å². The van der Waals surface area contributed by atoms with E-state index in [1.165, 1.54) is 4.68 Å². The second-order valence-corrected chi connectivity index (χ2v) is 8.59. The van der Waals surface area contributed by atoms with E-state index in [0.29, 0.717) is 6.61 Å². The van der Waals surface area contributed by atoms with E-state index in [1.54, 1.807) is 11.3 Å². The molecular formula is C24H19N5O2S. The smallest absolute Gasteiger partial charge is 0.343 e. The molecule has 7 nitrogen and oxygen atoms in total. The summed E-state index contributed by atoms with van der Waals surface area (Å²) in [6.45, 7) is 4.23. The highest BCUT2D eigenvalue weighted by atomic mass is 32.1. The van der Waals surface area contributed by atoms with E-state index >= 15 is 0 Å². The molecule has 6 rings (SSSR count). The Labute approximate surface area is 187 Å². The number of thiazole rings is 1. The number of aromatic nitrogens is 4. The first-order valence-electron chi connectivity index (χ1n) is 10.3. The first-order valence-corrected chi connectivity index (χ1v) is 11.3. The van der Waals surface area contributed by atoms with Gasteiger partial charge in [-0.2, -0.15) is 9.78 Å². The summed E-state index contributed by atoms with van der Waals surface area (Å²) < 4.78 is 7.35. The van der Waals surface area contributed by atoms with E-state index in [-0.39, 0.29) is 12.1 Å². The summed E-state index contributed by atoms with van der Waals surface area (Å²) in [5.41, 5.74) is 7.94. The van der Waals surface area contributed by atoms with Gasteiger partial charge < -0.3 is 10.1 Å². The number of para-hydroxylation sites is 1. The second-order valence-electron chi connectivity index (χ2n) is 7.87. The molecule has 0 radical (unpaired) electrons. The molecule has 2 aromatic carbocycles. The minimum absolute atomic E-state index is 0.254. The number of aryl methyl sites for hydroxylation is 2. The van der Waals surface area contributed by atoms with Crippen molar-refractivity contribution in [3.8, 4) is 17.0 Å². The highest BCUT2D eigenvalue weighted by Gasteiger charge is 2.28. The van der Waals surface area contributed by atoms with E-state index in [2.05, 4.69) is 15.4 Å². The highest BCUT2D eigenvalue weighted by molar-refractivity contribution is 7.07. The molecule has 0 aliphatic carbocycles. The molecule has 0 spiro atoms. The summed E-state index contributed by atoms with van der Waals surface area (Å²) in [7, 11) is 0. The molecule has 1 amide bonds. The van der Waals surface area contributed by atoms with Gasteiger partial charge in [-0.25, -0.2) is 9.78 Å². The predicted octanol–water partition coefficient (Wildman–Crippen LogP) is 5.02. The maximum Gasteiger partial charge on any atom is 0.343 e. The molecule has 4 heterocycles. The number of carbonyl (C=O) groups excluding carboxylic acids is 1. The fourth-order valence-corrected chi connectivity index (χ4v) is 4.98. The number of fused-ring (bicyclic) bond motifs is 4. The maximum atomic E-state index is 13.4. The van der Waals surface area contributed by atoms with Crippen LogP contribution >= 0.6 is 11.3 Å². The van der Waals surface area contributed by atoms with Crippen molar-refractivity contribution in [3.05, 3.63) is 70.3 Å². The van der Waals surface area contributed by atoms with Crippen molar-refractivity contribution in [1.82, 2.24) is 25.1 Å². The van der Waals surface area contributed by atoms with Crippen LogP contribution in [-0.2, 0) is 0 Å². The third-order valence-corrected chi connectivity index (χ3v) is 6.47. The number of amides is 1. The van der Waals surface area contributed by atoms with Crippen LogP contribution in [0.2, 0.25) is 0 Å². The van der Waals surface area contributed by atoms with Crippen molar-refractivity contribution < 1.29 is 9.53 Å². The molecule has 0 saturated heterocycles. The lowest BCUT2D eigenvalue weighted by Gasteiger charge is -2.13. The van der Waals surface area contributed by atoms with Gasteiger partial charge in [0.05, 0.1) is 34.0 Å². The van der Waals surface area contributed by atoms with Gasteiger partial charge in [-0.15, -0.1) is 11.3 Å². The number of rotatable bonds is 2.